The number of benzene rings is 2. The van der Waals surface area contributed by atoms with Crippen molar-refractivity contribution in [3.05, 3.63) is 87.6 Å². The van der Waals surface area contributed by atoms with E-state index in [1.165, 1.54) is 22.4 Å². The molecule has 0 saturated heterocycles. The normalized spacial score (nSPS) is 10.8. The number of rotatable bonds is 4. The number of halogens is 1. The minimum Gasteiger partial charge on any atom is -0.295 e. The molecule has 3 aromatic rings. The number of nitrogens with one attached hydrogen (secondary N) is 1. The molecule has 0 amide bonds. The van der Waals surface area contributed by atoms with E-state index in [9.17, 15) is 9.18 Å². The summed E-state index contributed by atoms with van der Waals surface area (Å²) in [6, 6.07) is 16.0. The Balaban J connectivity index is 1.87. The van der Waals surface area contributed by atoms with Gasteiger partial charge in [0.15, 0.2) is 0 Å². The number of nitrogens with zero attached hydrogens (tertiary/aromatic N) is 1. The molecule has 4 heteroatoms. The van der Waals surface area contributed by atoms with Gasteiger partial charge in [0.1, 0.15) is 5.82 Å². The van der Waals surface area contributed by atoms with E-state index in [4.69, 9.17) is 0 Å². The molecule has 3 rings (SSSR count). The Morgan fingerprint density at radius 2 is 1.68 bits per heavy atom. The number of aromatic nitrogens is 2. The molecule has 2 aromatic carbocycles. The molecule has 1 heterocycles. The van der Waals surface area contributed by atoms with Gasteiger partial charge >= 0.3 is 0 Å². The molecule has 1 aromatic heterocycles. The highest BCUT2D eigenvalue weighted by Crippen LogP contribution is 2.11. The largest absolute Gasteiger partial charge is 0.295 e. The van der Waals surface area contributed by atoms with Crippen LogP contribution in [-0.4, -0.2) is 9.78 Å². The molecule has 22 heavy (non-hydrogen) atoms. The zero-order valence-corrected chi connectivity index (χ0v) is 12.3. The van der Waals surface area contributed by atoms with Crippen molar-refractivity contribution in [3.63, 3.8) is 0 Å². The van der Waals surface area contributed by atoms with Crippen LogP contribution in [0.5, 0.6) is 0 Å². The number of hydrogen-bond acceptors (Lipinski definition) is 1. The standard InChI is InChI=1S/C18H17FN2O/c1-13-17(12-7-14-5-3-2-4-6-14)18(22)21(20-13)16-10-8-15(19)9-11-16/h2-6,8-11,20H,7,12H2,1H3. The Labute approximate surface area is 128 Å². The molecular formula is C18H17FN2O. The van der Waals surface area contributed by atoms with Crippen LogP contribution in [0.4, 0.5) is 4.39 Å². The van der Waals surface area contributed by atoms with Gasteiger partial charge in [0.05, 0.1) is 5.69 Å². The van der Waals surface area contributed by atoms with Crippen LogP contribution in [0.3, 0.4) is 0 Å². The van der Waals surface area contributed by atoms with Crippen LogP contribution >= 0.6 is 0 Å². The fourth-order valence-corrected chi connectivity index (χ4v) is 2.56. The molecule has 0 spiro atoms. The van der Waals surface area contributed by atoms with E-state index in [1.54, 1.807) is 12.1 Å². The molecule has 0 atom stereocenters. The zero-order valence-electron chi connectivity index (χ0n) is 12.3. The maximum Gasteiger partial charge on any atom is 0.274 e. The third kappa shape index (κ3) is 2.86. The highest BCUT2D eigenvalue weighted by atomic mass is 19.1. The average molecular weight is 296 g/mol. The van der Waals surface area contributed by atoms with Crippen LogP contribution in [0, 0.1) is 12.7 Å². The molecule has 1 N–H and O–H groups in total. The maximum absolute atomic E-state index is 13.0. The van der Waals surface area contributed by atoms with Gasteiger partial charge in [0.2, 0.25) is 0 Å². The van der Waals surface area contributed by atoms with Gasteiger partial charge in [0.25, 0.3) is 5.56 Å². The molecule has 0 aliphatic carbocycles. The average Bonchev–Trinajstić information content (AvgIpc) is 2.82. The van der Waals surface area contributed by atoms with E-state index in [0.717, 1.165) is 17.7 Å². The SMILES string of the molecule is Cc1[nH]n(-c2ccc(F)cc2)c(=O)c1CCc1ccccc1. The fraction of sp³-hybridized carbons (Fsp3) is 0.167. The minimum absolute atomic E-state index is 0.0694. The van der Waals surface area contributed by atoms with Gasteiger partial charge in [-0.2, -0.15) is 0 Å². The lowest BCUT2D eigenvalue weighted by atomic mass is 10.1. The molecule has 0 unspecified atom stereocenters. The smallest absolute Gasteiger partial charge is 0.274 e. The molecule has 3 nitrogen and oxygen atoms in total. The second-order valence-electron chi connectivity index (χ2n) is 5.32. The predicted octanol–water partition coefficient (Wildman–Crippen LogP) is 3.40. The lowest BCUT2D eigenvalue weighted by molar-refractivity contribution is 0.627. The van der Waals surface area contributed by atoms with E-state index in [1.807, 2.05) is 25.1 Å². The summed E-state index contributed by atoms with van der Waals surface area (Å²) in [6.07, 6.45) is 1.50. The molecule has 0 fully saturated rings. The molecule has 0 radical (unpaired) electrons. The fourth-order valence-electron chi connectivity index (χ4n) is 2.56. The summed E-state index contributed by atoms with van der Waals surface area (Å²) >= 11 is 0. The van der Waals surface area contributed by atoms with Crippen molar-refractivity contribution < 1.29 is 4.39 Å². The van der Waals surface area contributed by atoms with Crippen LogP contribution in [-0.2, 0) is 12.8 Å². The Kier molecular flexibility index (Phi) is 3.92. The first-order chi connectivity index (χ1) is 10.6. The lowest BCUT2D eigenvalue weighted by Gasteiger charge is -2.00. The summed E-state index contributed by atoms with van der Waals surface area (Å²) in [4.78, 5) is 12.5. The monoisotopic (exact) mass is 296 g/mol. The van der Waals surface area contributed by atoms with Crippen LogP contribution in [0.15, 0.2) is 59.4 Å². The van der Waals surface area contributed by atoms with Crippen molar-refractivity contribution in [2.45, 2.75) is 19.8 Å². The molecular weight excluding hydrogens is 279 g/mol. The van der Waals surface area contributed by atoms with E-state index in [2.05, 4.69) is 17.2 Å². The van der Waals surface area contributed by atoms with Gasteiger partial charge in [-0.25, -0.2) is 9.07 Å². The van der Waals surface area contributed by atoms with Crippen molar-refractivity contribution in [1.82, 2.24) is 9.78 Å². The summed E-state index contributed by atoms with van der Waals surface area (Å²) in [7, 11) is 0. The van der Waals surface area contributed by atoms with Crippen molar-refractivity contribution >= 4 is 0 Å². The molecule has 0 bridgehead atoms. The predicted molar refractivity (Wildman–Crippen MR) is 84.9 cm³/mol. The second-order valence-corrected chi connectivity index (χ2v) is 5.32. The van der Waals surface area contributed by atoms with Gasteiger partial charge in [-0.1, -0.05) is 30.3 Å². The van der Waals surface area contributed by atoms with Crippen LogP contribution in [0.1, 0.15) is 16.8 Å². The van der Waals surface area contributed by atoms with Crippen molar-refractivity contribution in [3.8, 4) is 5.69 Å². The molecule has 0 aliphatic rings. The van der Waals surface area contributed by atoms with E-state index in [-0.39, 0.29) is 11.4 Å². The number of hydrogen-bond donors (Lipinski definition) is 1. The van der Waals surface area contributed by atoms with Crippen LogP contribution in [0.25, 0.3) is 5.69 Å². The van der Waals surface area contributed by atoms with Gasteiger partial charge in [-0.3, -0.25) is 9.89 Å². The Hall–Kier alpha value is -2.62. The highest BCUT2D eigenvalue weighted by Gasteiger charge is 2.12. The van der Waals surface area contributed by atoms with E-state index >= 15 is 0 Å². The van der Waals surface area contributed by atoms with Crippen LogP contribution < -0.4 is 5.56 Å². The lowest BCUT2D eigenvalue weighted by Crippen LogP contribution is -2.17. The third-order valence-corrected chi connectivity index (χ3v) is 3.78. The van der Waals surface area contributed by atoms with Gasteiger partial charge in [-0.15, -0.1) is 0 Å². The molecule has 0 aliphatic heterocycles. The Morgan fingerprint density at radius 3 is 2.36 bits per heavy atom. The maximum atomic E-state index is 13.0. The Morgan fingerprint density at radius 1 is 1.00 bits per heavy atom. The van der Waals surface area contributed by atoms with Crippen molar-refractivity contribution in [2.75, 3.05) is 0 Å². The number of aromatic amines is 1. The summed E-state index contributed by atoms with van der Waals surface area (Å²) in [5, 5.41) is 3.07. The summed E-state index contributed by atoms with van der Waals surface area (Å²) < 4.78 is 14.5. The zero-order chi connectivity index (χ0) is 15.5. The molecule has 0 saturated carbocycles. The van der Waals surface area contributed by atoms with Crippen molar-refractivity contribution in [2.24, 2.45) is 0 Å². The minimum atomic E-state index is -0.315. The third-order valence-electron chi connectivity index (χ3n) is 3.78. The molecule has 112 valence electrons. The van der Waals surface area contributed by atoms with Gasteiger partial charge < -0.3 is 0 Å². The van der Waals surface area contributed by atoms with E-state index in [0.29, 0.717) is 12.1 Å². The number of H-pyrrole nitrogens is 1. The Bertz CT molecular complexity index is 817. The summed E-state index contributed by atoms with van der Waals surface area (Å²) in [5.74, 6) is -0.315. The summed E-state index contributed by atoms with van der Waals surface area (Å²) in [6.45, 7) is 1.89. The highest BCUT2D eigenvalue weighted by molar-refractivity contribution is 5.33. The second kappa shape index (κ2) is 6.02. The first-order valence-corrected chi connectivity index (χ1v) is 7.25. The first-order valence-electron chi connectivity index (χ1n) is 7.25. The topological polar surface area (TPSA) is 37.8 Å². The van der Waals surface area contributed by atoms with E-state index < -0.39 is 0 Å². The quantitative estimate of drug-likeness (QED) is 0.787. The number of aryl methyl sites for hydroxylation is 2. The first kappa shape index (κ1) is 14.3. The van der Waals surface area contributed by atoms with Crippen molar-refractivity contribution in [1.29, 1.82) is 0 Å². The summed E-state index contributed by atoms with van der Waals surface area (Å²) in [5.41, 5.74) is 3.40. The van der Waals surface area contributed by atoms with Gasteiger partial charge in [-0.05, 0) is 49.6 Å². The van der Waals surface area contributed by atoms with Crippen LogP contribution in [0.2, 0.25) is 0 Å². The van der Waals surface area contributed by atoms with Gasteiger partial charge in [0, 0.05) is 11.3 Å².